The number of piperidine rings is 3. The smallest absolute Gasteiger partial charge is 0.270 e. The highest BCUT2D eigenvalue weighted by Gasteiger charge is 2.40. The summed E-state index contributed by atoms with van der Waals surface area (Å²) in [4.78, 5) is 23.9. The molecule has 134 valence electrons. The van der Waals surface area contributed by atoms with Crippen molar-refractivity contribution < 1.29 is 4.79 Å². The molecule has 6 heterocycles. The zero-order valence-electron chi connectivity index (χ0n) is 14.6. The van der Waals surface area contributed by atoms with Crippen LogP contribution in [0.3, 0.4) is 0 Å². The van der Waals surface area contributed by atoms with Gasteiger partial charge in [0.05, 0.1) is 16.7 Å². The number of hydrogen-bond donors (Lipinski definition) is 1. The van der Waals surface area contributed by atoms with Crippen LogP contribution >= 0.6 is 11.3 Å². The molecule has 6 rings (SSSR count). The van der Waals surface area contributed by atoms with Gasteiger partial charge >= 0.3 is 0 Å². The first-order valence-electron chi connectivity index (χ1n) is 9.11. The van der Waals surface area contributed by atoms with Crippen molar-refractivity contribution >= 4 is 27.3 Å². The third-order valence-corrected chi connectivity index (χ3v) is 6.85. The fourth-order valence-corrected chi connectivity index (χ4v) is 5.31. The van der Waals surface area contributed by atoms with E-state index in [9.17, 15) is 4.79 Å². The largest absolute Gasteiger partial charge is 0.346 e. The molecule has 3 aliphatic heterocycles. The van der Waals surface area contributed by atoms with Gasteiger partial charge in [-0.1, -0.05) is 0 Å². The molecule has 3 saturated heterocycles. The molecule has 1 amide bonds. The molecule has 2 atom stereocenters. The predicted molar refractivity (Wildman–Crippen MR) is 102 cm³/mol. The van der Waals surface area contributed by atoms with Gasteiger partial charge in [-0.3, -0.25) is 9.69 Å². The molecule has 7 heteroatoms. The van der Waals surface area contributed by atoms with Crippen molar-refractivity contribution in [2.75, 3.05) is 13.1 Å². The number of carbonyl (C=O) groups excluding carboxylic acids is 1. The number of amides is 1. The van der Waals surface area contributed by atoms with Crippen LogP contribution in [0.25, 0.3) is 15.8 Å². The third-order valence-electron chi connectivity index (χ3n) is 5.93. The summed E-state index contributed by atoms with van der Waals surface area (Å²) < 4.78 is 3.04. The molecule has 0 unspecified atom stereocenters. The molecule has 3 aromatic heterocycles. The lowest BCUT2D eigenvalue weighted by Crippen LogP contribution is -2.62. The average molecular weight is 367 g/mol. The SMILES string of the molecule is C[C@H]1[C@H](NC(=O)c2cc3c(-n4ccnc4)csc3cn2)C2CCN1CC2. The number of carbonyl (C=O) groups is 1. The van der Waals surface area contributed by atoms with Gasteiger partial charge in [0.1, 0.15) is 5.69 Å². The minimum Gasteiger partial charge on any atom is -0.346 e. The molecular formula is C19H21N5OS. The van der Waals surface area contributed by atoms with Crippen molar-refractivity contribution in [1.29, 1.82) is 0 Å². The molecule has 0 aliphatic carbocycles. The summed E-state index contributed by atoms with van der Waals surface area (Å²) >= 11 is 1.63. The van der Waals surface area contributed by atoms with Crippen molar-refractivity contribution in [3.63, 3.8) is 0 Å². The van der Waals surface area contributed by atoms with Crippen LogP contribution < -0.4 is 5.32 Å². The number of thiophene rings is 1. The molecule has 0 radical (unpaired) electrons. The van der Waals surface area contributed by atoms with Gasteiger partial charge in [-0.05, 0) is 44.8 Å². The van der Waals surface area contributed by atoms with Gasteiger partial charge < -0.3 is 9.88 Å². The molecular weight excluding hydrogens is 346 g/mol. The highest BCUT2D eigenvalue weighted by molar-refractivity contribution is 7.17. The van der Waals surface area contributed by atoms with Gasteiger partial charge in [-0.15, -0.1) is 11.3 Å². The first kappa shape index (κ1) is 16.0. The minimum absolute atomic E-state index is 0.0692. The van der Waals surface area contributed by atoms with E-state index in [2.05, 4.69) is 32.5 Å². The zero-order chi connectivity index (χ0) is 17.7. The Morgan fingerprint density at radius 1 is 1.35 bits per heavy atom. The van der Waals surface area contributed by atoms with Gasteiger partial charge in [0, 0.05) is 41.4 Å². The van der Waals surface area contributed by atoms with Crippen LogP contribution in [0, 0.1) is 5.92 Å². The van der Waals surface area contributed by atoms with E-state index < -0.39 is 0 Å². The Labute approximate surface area is 155 Å². The Balaban J connectivity index is 1.43. The molecule has 1 N–H and O–H groups in total. The first-order valence-corrected chi connectivity index (χ1v) is 9.99. The molecule has 2 bridgehead atoms. The van der Waals surface area contributed by atoms with Gasteiger partial charge in [-0.25, -0.2) is 9.97 Å². The average Bonchev–Trinajstić information content (AvgIpc) is 3.33. The summed E-state index contributed by atoms with van der Waals surface area (Å²) in [7, 11) is 0. The van der Waals surface area contributed by atoms with E-state index in [1.165, 1.54) is 12.8 Å². The Morgan fingerprint density at radius 2 is 2.19 bits per heavy atom. The van der Waals surface area contributed by atoms with Crippen molar-refractivity contribution in [3.05, 3.63) is 42.1 Å². The number of fused-ring (bicyclic) bond motifs is 4. The van der Waals surface area contributed by atoms with E-state index in [1.807, 2.05) is 16.8 Å². The number of hydrogen-bond acceptors (Lipinski definition) is 5. The first-order chi connectivity index (χ1) is 12.7. The van der Waals surface area contributed by atoms with Crippen molar-refractivity contribution in [3.8, 4) is 5.69 Å². The van der Waals surface area contributed by atoms with Crippen LogP contribution in [0.4, 0.5) is 0 Å². The topological polar surface area (TPSA) is 63.1 Å². The molecule has 3 fully saturated rings. The number of aromatic nitrogens is 3. The number of rotatable bonds is 3. The molecule has 26 heavy (non-hydrogen) atoms. The highest BCUT2D eigenvalue weighted by Crippen LogP contribution is 2.33. The quantitative estimate of drug-likeness (QED) is 0.773. The van der Waals surface area contributed by atoms with Crippen LogP contribution in [0.2, 0.25) is 0 Å². The van der Waals surface area contributed by atoms with Crippen molar-refractivity contribution in [2.24, 2.45) is 5.92 Å². The predicted octanol–water partition coefficient (Wildman–Crippen LogP) is 2.69. The summed E-state index contributed by atoms with van der Waals surface area (Å²) in [5, 5.41) is 6.38. The number of pyridine rings is 1. The Kier molecular flexibility index (Phi) is 3.79. The van der Waals surface area contributed by atoms with Gasteiger partial charge in [0.15, 0.2) is 0 Å². The Hall–Kier alpha value is -2.25. The van der Waals surface area contributed by atoms with E-state index in [1.54, 1.807) is 30.1 Å². The minimum atomic E-state index is -0.0692. The van der Waals surface area contributed by atoms with Crippen molar-refractivity contribution in [1.82, 2.24) is 24.8 Å². The van der Waals surface area contributed by atoms with E-state index in [0.717, 1.165) is 28.9 Å². The summed E-state index contributed by atoms with van der Waals surface area (Å²) in [5.41, 5.74) is 1.52. The standard InChI is InChI=1S/C19H21N5OS/c1-12-18(13-2-5-23(12)6-3-13)22-19(25)15-8-14-16(24-7-4-20-11-24)10-26-17(14)9-21-15/h4,7-13,18H,2-3,5-6H2,1H3,(H,22,25)/t12-,18-/m0/s1. The normalized spacial score (nSPS) is 27.7. The van der Waals surface area contributed by atoms with E-state index in [0.29, 0.717) is 17.7 Å². The lowest BCUT2D eigenvalue weighted by atomic mass is 9.79. The summed E-state index contributed by atoms with van der Waals surface area (Å²) in [6, 6.07) is 2.53. The molecule has 0 spiro atoms. The van der Waals surface area contributed by atoms with Gasteiger partial charge in [0.25, 0.3) is 5.91 Å². The van der Waals surface area contributed by atoms with Crippen LogP contribution in [-0.4, -0.2) is 50.5 Å². The monoisotopic (exact) mass is 367 g/mol. The molecule has 0 saturated carbocycles. The van der Waals surface area contributed by atoms with Crippen LogP contribution in [0.5, 0.6) is 0 Å². The number of nitrogens with one attached hydrogen (secondary N) is 1. The second kappa shape index (κ2) is 6.17. The molecule has 6 nitrogen and oxygen atoms in total. The zero-order valence-corrected chi connectivity index (χ0v) is 15.4. The lowest BCUT2D eigenvalue weighted by molar-refractivity contribution is 0.0216. The number of imidazole rings is 1. The fraction of sp³-hybridized carbons (Fsp3) is 0.421. The van der Waals surface area contributed by atoms with Crippen LogP contribution in [-0.2, 0) is 0 Å². The summed E-state index contributed by atoms with van der Waals surface area (Å²) in [6.45, 7) is 4.54. The third kappa shape index (κ3) is 2.54. The lowest BCUT2D eigenvalue weighted by Gasteiger charge is -2.49. The van der Waals surface area contributed by atoms with Crippen molar-refractivity contribution in [2.45, 2.75) is 31.8 Å². The van der Waals surface area contributed by atoms with Gasteiger partial charge in [0.2, 0.25) is 0 Å². The molecule has 0 aromatic carbocycles. The maximum atomic E-state index is 12.9. The Morgan fingerprint density at radius 3 is 2.92 bits per heavy atom. The van der Waals surface area contributed by atoms with E-state index >= 15 is 0 Å². The maximum absolute atomic E-state index is 12.9. The highest BCUT2D eigenvalue weighted by atomic mass is 32.1. The second-order valence-electron chi connectivity index (χ2n) is 7.27. The summed E-state index contributed by atoms with van der Waals surface area (Å²) in [6.07, 6.45) is 9.60. The van der Waals surface area contributed by atoms with E-state index in [-0.39, 0.29) is 11.9 Å². The Bertz CT molecular complexity index is 940. The summed E-state index contributed by atoms with van der Waals surface area (Å²) in [5.74, 6) is 0.519. The van der Waals surface area contributed by atoms with Crippen LogP contribution in [0.1, 0.15) is 30.3 Å². The molecule has 3 aromatic rings. The molecule has 3 aliphatic rings. The number of nitrogens with zero attached hydrogens (tertiary/aromatic N) is 4. The maximum Gasteiger partial charge on any atom is 0.270 e. The second-order valence-corrected chi connectivity index (χ2v) is 8.18. The van der Waals surface area contributed by atoms with Gasteiger partial charge in [-0.2, -0.15) is 0 Å². The van der Waals surface area contributed by atoms with Crippen LogP contribution in [0.15, 0.2) is 36.4 Å². The fourth-order valence-electron chi connectivity index (χ4n) is 4.42. The van der Waals surface area contributed by atoms with E-state index in [4.69, 9.17) is 0 Å².